The number of Topliss-reactive ketones (excluding diaryl/α,β-unsaturated/α-hetero) is 1. The lowest BCUT2D eigenvalue weighted by Crippen LogP contribution is -2.03. The average Bonchev–Trinajstić information content (AvgIpc) is 3.10. The lowest BCUT2D eigenvalue weighted by molar-refractivity contribution is 0.0601. The van der Waals surface area contributed by atoms with Crippen LogP contribution < -0.4 is 0 Å². The molecular weight excluding hydrogens is 552 g/mol. The fraction of sp³-hybridized carbons (Fsp3) is 0.0476. The maximum Gasteiger partial charge on any atom is 0.338 e. The number of carbonyl (C=O) groups excluding carboxylic acids is 2. The lowest BCUT2D eigenvalue weighted by Gasteiger charge is -2.20. The third-order valence-electron chi connectivity index (χ3n) is 8.50. The summed E-state index contributed by atoms with van der Waals surface area (Å²) in [6.07, 6.45) is 0. The fourth-order valence-electron chi connectivity index (χ4n) is 6.46. The van der Waals surface area contributed by atoms with Gasteiger partial charge in [0.25, 0.3) is 0 Å². The number of rotatable bonds is 6. The zero-order valence-electron chi connectivity index (χ0n) is 25.1. The summed E-state index contributed by atoms with van der Waals surface area (Å²) in [6, 6.07) is 49.2. The summed E-state index contributed by atoms with van der Waals surface area (Å²) in [6.45, 7) is 1.62. The van der Waals surface area contributed by atoms with Crippen LogP contribution in [-0.4, -0.2) is 18.9 Å². The molecular formula is C42H30O3. The van der Waals surface area contributed by atoms with E-state index < -0.39 is 0 Å². The molecule has 0 saturated carbocycles. The predicted molar refractivity (Wildman–Crippen MR) is 185 cm³/mol. The Hall–Kier alpha value is -5.80. The Morgan fingerprint density at radius 2 is 0.867 bits per heavy atom. The summed E-state index contributed by atoms with van der Waals surface area (Å²) < 4.78 is 5.12. The van der Waals surface area contributed by atoms with E-state index in [2.05, 4.69) is 84.9 Å². The number of ketones is 1. The van der Waals surface area contributed by atoms with Gasteiger partial charge in [-0.05, 0) is 91.2 Å². The number of esters is 1. The molecule has 3 nitrogen and oxygen atoms in total. The normalized spacial score (nSPS) is 11.1. The van der Waals surface area contributed by atoms with Crippen molar-refractivity contribution >= 4 is 33.3 Å². The van der Waals surface area contributed by atoms with E-state index in [9.17, 15) is 9.59 Å². The molecule has 0 aliphatic carbocycles. The number of carbonyl (C=O) groups is 2. The Kier molecular flexibility index (Phi) is 7.28. The standard InChI is InChI=1S/C42H30O3/c1-27(43)32-17-9-10-18-33(32)30-21-23-35-38(25-30)40(28-13-5-3-6-14-28)36-24-22-31(34-19-11-12-20-37(34)42(44)45-2)26-39(36)41(35)29-15-7-4-8-16-29/h3-26H,1-2H3. The van der Waals surface area contributed by atoms with Gasteiger partial charge in [-0.15, -0.1) is 0 Å². The topological polar surface area (TPSA) is 43.4 Å². The molecule has 0 fully saturated rings. The SMILES string of the molecule is COC(=O)c1ccccc1-c1ccc2c(-c3ccccc3)c3cc(-c4ccccc4C(C)=O)ccc3c(-c3ccccc3)c2c1. The van der Waals surface area contributed by atoms with Gasteiger partial charge >= 0.3 is 5.97 Å². The predicted octanol–water partition coefficient (Wildman–Crippen LogP) is 10.7. The second kappa shape index (κ2) is 11.7. The van der Waals surface area contributed by atoms with Crippen LogP contribution in [0.3, 0.4) is 0 Å². The highest BCUT2D eigenvalue weighted by Crippen LogP contribution is 2.46. The van der Waals surface area contributed by atoms with Crippen LogP contribution in [0.15, 0.2) is 146 Å². The Bertz CT molecular complexity index is 2230. The molecule has 45 heavy (non-hydrogen) atoms. The van der Waals surface area contributed by atoms with E-state index in [0.717, 1.165) is 66.1 Å². The van der Waals surface area contributed by atoms with Crippen molar-refractivity contribution in [3.05, 3.63) is 157 Å². The van der Waals surface area contributed by atoms with Gasteiger partial charge < -0.3 is 4.74 Å². The molecule has 0 aromatic heterocycles. The number of hydrogen-bond donors (Lipinski definition) is 0. The lowest BCUT2D eigenvalue weighted by atomic mass is 9.83. The van der Waals surface area contributed by atoms with E-state index in [1.807, 2.05) is 54.6 Å². The van der Waals surface area contributed by atoms with E-state index in [1.54, 1.807) is 13.0 Å². The van der Waals surface area contributed by atoms with E-state index in [4.69, 9.17) is 4.74 Å². The molecule has 0 radical (unpaired) electrons. The maximum absolute atomic E-state index is 12.7. The van der Waals surface area contributed by atoms with E-state index >= 15 is 0 Å². The van der Waals surface area contributed by atoms with Crippen molar-refractivity contribution in [1.29, 1.82) is 0 Å². The number of ether oxygens (including phenoxy) is 1. The van der Waals surface area contributed by atoms with Gasteiger partial charge in [0.1, 0.15) is 0 Å². The molecule has 7 rings (SSSR count). The third-order valence-corrected chi connectivity index (χ3v) is 8.50. The Morgan fingerprint density at radius 3 is 1.33 bits per heavy atom. The molecule has 7 aromatic rings. The maximum atomic E-state index is 12.7. The van der Waals surface area contributed by atoms with Crippen molar-refractivity contribution in [2.24, 2.45) is 0 Å². The van der Waals surface area contributed by atoms with Crippen LogP contribution in [0.1, 0.15) is 27.6 Å². The van der Waals surface area contributed by atoms with Crippen LogP contribution in [0.25, 0.3) is 66.1 Å². The molecule has 0 bridgehead atoms. The summed E-state index contributed by atoms with van der Waals surface area (Å²) in [5, 5.41) is 4.39. The van der Waals surface area contributed by atoms with Crippen molar-refractivity contribution in [3.63, 3.8) is 0 Å². The summed E-state index contributed by atoms with van der Waals surface area (Å²) in [5.74, 6) is -0.326. The number of fused-ring (bicyclic) bond motifs is 2. The zero-order chi connectivity index (χ0) is 30.9. The van der Waals surface area contributed by atoms with Gasteiger partial charge in [0.2, 0.25) is 0 Å². The molecule has 0 aliphatic rings. The van der Waals surface area contributed by atoms with Gasteiger partial charge in [-0.1, -0.05) is 127 Å². The van der Waals surface area contributed by atoms with Gasteiger partial charge in [0, 0.05) is 5.56 Å². The summed E-state index contributed by atoms with van der Waals surface area (Å²) >= 11 is 0. The first-order valence-electron chi connectivity index (χ1n) is 15.0. The van der Waals surface area contributed by atoms with E-state index in [1.165, 1.54) is 7.11 Å². The summed E-state index contributed by atoms with van der Waals surface area (Å²) in [5.41, 5.74) is 9.34. The van der Waals surface area contributed by atoms with Crippen molar-refractivity contribution in [1.82, 2.24) is 0 Å². The van der Waals surface area contributed by atoms with Crippen molar-refractivity contribution < 1.29 is 14.3 Å². The molecule has 216 valence electrons. The first kappa shape index (κ1) is 28.0. The second-order valence-electron chi connectivity index (χ2n) is 11.1. The minimum atomic E-state index is -0.365. The minimum Gasteiger partial charge on any atom is -0.465 e. The molecule has 0 N–H and O–H groups in total. The quantitative estimate of drug-likeness (QED) is 0.111. The molecule has 0 amide bonds. The van der Waals surface area contributed by atoms with E-state index in [-0.39, 0.29) is 11.8 Å². The first-order chi connectivity index (χ1) is 22.0. The van der Waals surface area contributed by atoms with Crippen LogP contribution in [0.2, 0.25) is 0 Å². The van der Waals surface area contributed by atoms with Crippen LogP contribution in [0, 0.1) is 0 Å². The van der Waals surface area contributed by atoms with E-state index in [0.29, 0.717) is 11.1 Å². The largest absolute Gasteiger partial charge is 0.465 e. The molecule has 7 aromatic carbocycles. The number of benzene rings is 7. The fourth-order valence-corrected chi connectivity index (χ4v) is 6.46. The Balaban J connectivity index is 1.62. The molecule has 0 spiro atoms. The molecule has 0 unspecified atom stereocenters. The van der Waals surface area contributed by atoms with Crippen molar-refractivity contribution in [3.8, 4) is 44.5 Å². The molecule has 0 aliphatic heterocycles. The summed E-state index contributed by atoms with van der Waals surface area (Å²) in [4.78, 5) is 25.4. The average molecular weight is 583 g/mol. The van der Waals surface area contributed by atoms with Crippen molar-refractivity contribution in [2.75, 3.05) is 7.11 Å². The third kappa shape index (κ3) is 4.99. The zero-order valence-corrected chi connectivity index (χ0v) is 25.1. The Morgan fingerprint density at radius 1 is 0.444 bits per heavy atom. The monoisotopic (exact) mass is 582 g/mol. The van der Waals surface area contributed by atoms with Crippen LogP contribution >= 0.6 is 0 Å². The highest BCUT2D eigenvalue weighted by molar-refractivity contribution is 6.22. The minimum absolute atomic E-state index is 0.0391. The molecule has 0 heterocycles. The van der Waals surface area contributed by atoms with Crippen LogP contribution in [-0.2, 0) is 4.74 Å². The van der Waals surface area contributed by atoms with Gasteiger partial charge in [-0.25, -0.2) is 4.79 Å². The van der Waals surface area contributed by atoms with Gasteiger partial charge in [0.05, 0.1) is 12.7 Å². The van der Waals surface area contributed by atoms with Gasteiger partial charge in [-0.2, -0.15) is 0 Å². The highest BCUT2D eigenvalue weighted by Gasteiger charge is 2.20. The van der Waals surface area contributed by atoms with Crippen LogP contribution in [0.4, 0.5) is 0 Å². The highest BCUT2D eigenvalue weighted by atomic mass is 16.5. The van der Waals surface area contributed by atoms with Gasteiger partial charge in [-0.3, -0.25) is 4.79 Å². The summed E-state index contributed by atoms with van der Waals surface area (Å²) in [7, 11) is 1.41. The molecule has 0 saturated heterocycles. The van der Waals surface area contributed by atoms with Crippen LogP contribution in [0.5, 0.6) is 0 Å². The Labute approximate surface area is 262 Å². The number of methoxy groups -OCH3 is 1. The first-order valence-corrected chi connectivity index (χ1v) is 15.0. The second-order valence-corrected chi connectivity index (χ2v) is 11.1. The number of hydrogen-bond acceptors (Lipinski definition) is 3. The van der Waals surface area contributed by atoms with Crippen molar-refractivity contribution in [2.45, 2.75) is 6.92 Å². The smallest absolute Gasteiger partial charge is 0.338 e. The van der Waals surface area contributed by atoms with Gasteiger partial charge in [0.15, 0.2) is 5.78 Å². The molecule has 0 atom stereocenters. The molecule has 3 heteroatoms.